The maximum atomic E-state index is 15.1. The van der Waals surface area contributed by atoms with E-state index in [0.29, 0.717) is 17.9 Å². The van der Waals surface area contributed by atoms with Crippen molar-refractivity contribution >= 4 is 17.4 Å². The smallest absolute Gasteiger partial charge is 0.331 e. The molecular formula is C30H31FN6O4. The minimum atomic E-state index is -0.813. The van der Waals surface area contributed by atoms with Crippen LogP contribution in [0.4, 0.5) is 15.9 Å². The second kappa shape index (κ2) is 13.4. The van der Waals surface area contributed by atoms with Crippen LogP contribution in [0.3, 0.4) is 0 Å². The van der Waals surface area contributed by atoms with Gasteiger partial charge in [0.05, 0.1) is 0 Å². The van der Waals surface area contributed by atoms with Crippen molar-refractivity contribution in [2.24, 2.45) is 5.92 Å². The van der Waals surface area contributed by atoms with Crippen molar-refractivity contribution < 1.29 is 13.9 Å². The summed E-state index contributed by atoms with van der Waals surface area (Å²) in [4.78, 5) is 42.4. The molecule has 1 saturated heterocycles. The van der Waals surface area contributed by atoms with E-state index in [4.69, 9.17) is 10.5 Å². The van der Waals surface area contributed by atoms with Gasteiger partial charge in [-0.05, 0) is 44.0 Å². The summed E-state index contributed by atoms with van der Waals surface area (Å²) in [5, 5.41) is 5.82. The van der Waals surface area contributed by atoms with Gasteiger partial charge in [0.25, 0.3) is 11.5 Å². The molecule has 0 bridgehead atoms. The fraction of sp³-hybridized carbons (Fsp3) is 0.267. The van der Waals surface area contributed by atoms with Crippen LogP contribution < -0.4 is 32.4 Å². The highest BCUT2D eigenvalue weighted by atomic mass is 19.1. The normalized spacial score (nSPS) is 13.1. The first kappa shape index (κ1) is 29.0. The number of nitrogens with zero attached hydrogens (tertiary/aromatic N) is 3. The van der Waals surface area contributed by atoms with Gasteiger partial charge < -0.3 is 21.1 Å². The van der Waals surface area contributed by atoms with Crippen molar-refractivity contribution in [1.82, 2.24) is 19.4 Å². The van der Waals surface area contributed by atoms with E-state index in [1.165, 1.54) is 35.0 Å². The first-order valence-corrected chi connectivity index (χ1v) is 13.1. The number of pyridine rings is 1. The highest BCUT2D eigenvalue weighted by molar-refractivity contribution is 6.03. The van der Waals surface area contributed by atoms with Gasteiger partial charge in [0.15, 0.2) is 11.6 Å². The third-order valence-corrected chi connectivity index (χ3v) is 6.53. The molecule has 0 radical (unpaired) electrons. The molecule has 1 fully saturated rings. The number of piperidine rings is 1. The van der Waals surface area contributed by atoms with Crippen LogP contribution in [0.25, 0.3) is 0 Å². The van der Waals surface area contributed by atoms with Crippen LogP contribution in [-0.2, 0) is 13.1 Å². The number of ether oxygens (including phenoxy) is 1. The zero-order valence-corrected chi connectivity index (χ0v) is 22.5. The van der Waals surface area contributed by atoms with Gasteiger partial charge in [0.2, 0.25) is 0 Å². The van der Waals surface area contributed by atoms with Gasteiger partial charge in [0, 0.05) is 49.7 Å². The number of nitrogens with two attached hydrogens (primary N) is 1. The molecular weight excluding hydrogens is 527 g/mol. The molecule has 41 heavy (non-hydrogen) atoms. The second-order valence-electron chi connectivity index (χ2n) is 9.44. The van der Waals surface area contributed by atoms with Crippen molar-refractivity contribution in [2.75, 3.05) is 24.1 Å². The van der Waals surface area contributed by atoms with Gasteiger partial charge >= 0.3 is 5.69 Å². The average molecular weight is 559 g/mol. The first-order chi connectivity index (χ1) is 19.8. The molecule has 4 rings (SSSR count). The van der Waals surface area contributed by atoms with E-state index in [1.54, 1.807) is 6.07 Å². The Kier molecular flexibility index (Phi) is 9.50. The third-order valence-electron chi connectivity index (χ3n) is 6.53. The molecule has 0 aliphatic carbocycles. The summed E-state index contributed by atoms with van der Waals surface area (Å²) in [5.74, 6) is 5.40. The van der Waals surface area contributed by atoms with E-state index >= 15 is 4.39 Å². The summed E-state index contributed by atoms with van der Waals surface area (Å²) in [6, 6.07) is 5.36. The number of hydrogen-bond acceptors (Lipinski definition) is 7. The van der Waals surface area contributed by atoms with Crippen LogP contribution in [0, 0.1) is 23.6 Å². The summed E-state index contributed by atoms with van der Waals surface area (Å²) in [7, 11) is 0. The molecule has 1 aliphatic heterocycles. The SMILES string of the molecule is C=CCn1cc(C(=O)Nc2ccc(Oc3ccnc(N)c3C#CCC3CCNCC3)c(F)c2)c(=O)n(CC=C)c1=O. The van der Waals surface area contributed by atoms with E-state index in [0.717, 1.165) is 42.8 Å². The quantitative estimate of drug-likeness (QED) is 0.271. The van der Waals surface area contributed by atoms with Crippen LogP contribution in [-0.4, -0.2) is 33.1 Å². The number of carbonyl (C=O) groups is 1. The summed E-state index contributed by atoms with van der Waals surface area (Å²) in [6.07, 6.45) is 8.25. The predicted molar refractivity (Wildman–Crippen MR) is 156 cm³/mol. The van der Waals surface area contributed by atoms with Crippen molar-refractivity contribution in [3.63, 3.8) is 0 Å². The molecule has 1 aliphatic rings. The van der Waals surface area contributed by atoms with Crippen molar-refractivity contribution in [2.45, 2.75) is 32.4 Å². The Morgan fingerprint density at radius 2 is 1.95 bits per heavy atom. The van der Waals surface area contributed by atoms with Gasteiger partial charge in [-0.15, -0.1) is 13.2 Å². The fourth-order valence-corrected chi connectivity index (χ4v) is 4.39. The molecule has 0 unspecified atom stereocenters. The van der Waals surface area contributed by atoms with Crippen molar-refractivity contribution in [1.29, 1.82) is 0 Å². The molecule has 1 aromatic carbocycles. The van der Waals surface area contributed by atoms with Crippen LogP contribution in [0.2, 0.25) is 0 Å². The number of aromatic nitrogens is 3. The molecule has 1 amide bonds. The Morgan fingerprint density at radius 1 is 1.20 bits per heavy atom. The Balaban J connectivity index is 1.53. The Morgan fingerprint density at radius 3 is 2.66 bits per heavy atom. The first-order valence-electron chi connectivity index (χ1n) is 13.1. The number of halogens is 1. The number of rotatable bonds is 9. The summed E-state index contributed by atoms with van der Waals surface area (Å²) in [5.41, 5.74) is 4.79. The van der Waals surface area contributed by atoms with Gasteiger partial charge in [0.1, 0.15) is 22.7 Å². The molecule has 0 spiro atoms. The number of nitrogen functional groups attached to an aromatic ring is 1. The second-order valence-corrected chi connectivity index (χ2v) is 9.44. The molecule has 0 atom stereocenters. The number of carbonyl (C=O) groups excluding carboxylic acids is 1. The van der Waals surface area contributed by atoms with Gasteiger partial charge in [-0.3, -0.25) is 18.7 Å². The minimum Gasteiger partial charge on any atom is -0.453 e. The molecule has 4 N–H and O–H groups in total. The lowest BCUT2D eigenvalue weighted by Gasteiger charge is -2.20. The molecule has 3 heterocycles. The van der Waals surface area contributed by atoms with E-state index < -0.39 is 23.0 Å². The lowest BCUT2D eigenvalue weighted by atomic mass is 9.95. The number of nitrogens with one attached hydrogen (secondary N) is 2. The zero-order chi connectivity index (χ0) is 29.4. The zero-order valence-electron chi connectivity index (χ0n) is 22.5. The van der Waals surface area contributed by atoms with Gasteiger partial charge in [-0.2, -0.15) is 0 Å². The summed E-state index contributed by atoms with van der Waals surface area (Å²) >= 11 is 0. The fourth-order valence-electron chi connectivity index (χ4n) is 4.39. The molecule has 3 aromatic rings. The lowest BCUT2D eigenvalue weighted by Crippen LogP contribution is -2.42. The van der Waals surface area contributed by atoms with E-state index in [2.05, 4.69) is 40.6 Å². The monoisotopic (exact) mass is 558 g/mol. The Hall–Kier alpha value is -4.95. The molecule has 2 aromatic heterocycles. The Labute approximate surface area is 236 Å². The van der Waals surface area contributed by atoms with E-state index in [9.17, 15) is 14.4 Å². The summed E-state index contributed by atoms with van der Waals surface area (Å²) < 4.78 is 22.9. The molecule has 10 nitrogen and oxygen atoms in total. The standard InChI is InChI=1S/C30H31FN6O4/c1-3-16-36-19-23(29(39)37(17-4-2)30(36)40)28(38)35-21-8-9-26(24(31)18-21)41-25-12-15-34-27(32)22(25)7-5-6-20-10-13-33-14-11-20/h3-4,8-9,12,15,18-20,33H,1-2,6,10-11,13-14,16-17H2,(H2,32,34)(H,35,38). The number of hydrogen-bond donors (Lipinski definition) is 3. The topological polar surface area (TPSA) is 133 Å². The average Bonchev–Trinajstić information content (AvgIpc) is 2.96. The third kappa shape index (κ3) is 6.98. The number of allylic oxidation sites excluding steroid dienone is 2. The largest absolute Gasteiger partial charge is 0.453 e. The summed E-state index contributed by atoms with van der Waals surface area (Å²) in [6.45, 7) is 9.08. The van der Waals surface area contributed by atoms with E-state index in [-0.39, 0.29) is 41.7 Å². The maximum absolute atomic E-state index is 15.1. The van der Waals surface area contributed by atoms with Crippen molar-refractivity contribution in [3.05, 3.63) is 99.8 Å². The number of amides is 1. The lowest BCUT2D eigenvalue weighted by molar-refractivity contribution is 0.102. The van der Waals surface area contributed by atoms with Crippen LogP contribution in [0.5, 0.6) is 11.5 Å². The van der Waals surface area contributed by atoms with Crippen LogP contribution in [0.1, 0.15) is 35.2 Å². The van der Waals surface area contributed by atoms with Gasteiger partial charge in [-0.1, -0.05) is 24.0 Å². The predicted octanol–water partition coefficient (Wildman–Crippen LogP) is 3.28. The molecule has 11 heteroatoms. The highest BCUT2D eigenvalue weighted by Crippen LogP contribution is 2.30. The van der Waals surface area contributed by atoms with Crippen LogP contribution >= 0.6 is 0 Å². The minimum absolute atomic E-state index is 0.0761. The maximum Gasteiger partial charge on any atom is 0.331 e. The van der Waals surface area contributed by atoms with Gasteiger partial charge in [-0.25, -0.2) is 14.2 Å². The van der Waals surface area contributed by atoms with Crippen LogP contribution in [0.15, 0.2) is 71.6 Å². The number of anilines is 2. The van der Waals surface area contributed by atoms with Crippen molar-refractivity contribution in [3.8, 4) is 23.3 Å². The molecule has 212 valence electrons. The highest BCUT2D eigenvalue weighted by Gasteiger charge is 2.18. The van der Waals surface area contributed by atoms with E-state index in [1.807, 2.05) is 0 Å². The number of benzene rings is 1. The molecule has 0 saturated carbocycles. The Bertz CT molecular complexity index is 1640.